The molecule has 26 heavy (non-hydrogen) atoms. The molecular formula is C19H19FIN3O2. The summed E-state index contributed by atoms with van der Waals surface area (Å²) in [4.78, 5) is 16.7. The molecule has 3 rings (SSSR count). The lowest BCUT2D eigenvalue weighted by Gasteiger charge is -2.10. The molecule has 0 aliphatic heterocycles. The molecule has 1 aromatic carbocycles. The molecule has 0 aliphatic carbocycles. The number of halogens is 2. The molecule has 3 aromatic rings. The molecule has 2 N–H and O–H groups in total. The first-order chi connectivity index (χ1) is 12.5. The first kappa shape index (κ1) is 18.6. The Balaban J connectivity index is 1.95. The zero-order chi connectivity index (χ0) is 18.7. The van der Waals surface area contributed by atoms with E-state index < -0.39 is 5.82 Å². The summed E-state index contributed by atoms with van der Waals surface area (Å²) in [5, 5.41) is 6.48. The molecule has 0 atom stereocenters. The number of pyridine rings is 1. The summed E-state index contributed by atoms with van der Waals surface area (Å²) in [5.41, 5.74) is 1.20. The van der Waals surface area contributed by atoms with E-state index in [4.69, 9.17) is 4.42 Å². The first-order valence-corrected chi connectivity index (χ1v) is 9.40. The first-order valence-electron chi connectivity index (χ1n) is 8.32. The minimum Gasteiger partial charge on any atom is -0.448 e. The number of furan rings is 1. The maximum absolute atomic E-state index is 14.3. The van der Waals surface area contributed by atoms with Crippen LogP contribution in [-0.2, 0) is 0 Å². The fraction of sp³-hybridized carbons (Fsp3) is 0.263. The standard InChI is InChI=1S/C19H19FIN3O2/c1-11(2)5-8-23-19(25)18-17(13-10-22-7-6-16(13)26-18)24-15-4-3-12(21)9-14(15)20/h3-4,6-7,9-11,24H,5,8H2,1-2H3,(H,23,25). The Labute approximate surface area is 164 Å². The quantitative estimate of drug-likeness (QED) is 0.496. The van der Waals surface area contributed by atoms with Crippen molar-refractivity contribution >= 4 is 50.8 Å². The summed E-state index contributed by atoms with van der Waals surface area (Å²) in [5.74, 6) is -0.139. The number of benzene rings is 1. The van der Waals surface area contributed by atoms with Gasteiger partial charge >= 0.3 is 0 Å². The van der Waals surface area contributed by atoms with Crippen LogP contribution in [0.1, 0.15) is 30.8 Å². The Morgan fingerprint density at radius 1 is 1.35 bits per heavy atom. The normalized spacial score (nSPS) is 11.1. The zero-order valence-corrected chi connectivity index (χ0v) is 16.6. The average Bonchev–Trinajstić information content (AvgIpc) is 2.96. The summed E-state index contributed by atoms with van der Waals surface area (Å²) >= 11 is 2.04. The fourth-order valence-electron chi connectivity index (χ4n) is 2.51. The molecule has 0 bridgehead atoms. The molecule has 0 spiro atoms. The summed E-state index contributed by atoms with van der Waals surface area (Å²) in [7, 11) is 0. The third kappa shape index (κ3) is 4.14. The number of anilines is 2. The number of nitrogens with zero attached hydrogens (tertiary/aromatic N) is 1. The van der Waals surface area contributed by atoms with Gasteiger partial charge in [-0.3, -0.25) is 9.78 Å². The maximum atomic E-state index is 14.3. The molecule has 7 heteroatoms. The lowest BCUT2D eigenvalue weighted by atomic mass is 10.1. The molecule has 0 aliphatic rings. The summed E-state index contributed by atoms with van der Waals surface area (Å²) < 4.78 is 20.8. The monoisotopic (exact) mass is 467 g/mol. The van der Waals surface area contributed by atoms with Crippen molar-refractivity contribution in [2.75, 3.05) is 11.9 Å². The van der Waals surface area contributed by atoms with Crippen LogP contribution in [0.4, 0.5) is 15.8 Å². The molecule has 0 unspecified atom stereocenters. The Bertz CT molecular complexity index is 940. The predicted octanol–water partition coefficient (Wildman–Crippen LogP) is 5.09. The highest BCUT2D eigenvalue weighted by Gasteiger charge is 2.21. The van der Waals surface area contributed by atoms with Gasteiger partial charge in [0.2, 0.25) is 5.76 Å². The Hall–Kier alpha value is -2.16. The van der Waals surface area contributed by atoms with E-state index in [2.05, 4.69) is 29.5 Å². The number of hydrogen-bond donors (Lipinski definition) is 2. The van der Waals surface area contributed by atoms with Crippen LogP contribution >= 0.6 is 22.6 Å². The van der Waals surface area contributed by atoms with Crippen LogP contribution in [0.15, 0.2) is 41.1 Å². The Morgan fingerprint density at radius 3 is 2.88 bits per heavy atom. The van der Waals surface area contributed by atoms with E-state index in [0.717, 1.165) is 9.99 Å². The number of hydrogen-bond acceptors (Lipinski definition) is 4. The van der Waals surface area contributed by atoms with Crippen molar-refractivity contribution in [1.29, 1.82) is 0 Å². The van der Waals surface area contributed by atoms with Crippen molar-refractivity contribution in [3.05, 3.63) is 51.8 Å². The second kappa shape index (κ2) is 8.03. The number of amides is 1. The number of aromatic nitrogens is 1. The largest absolute Gasteiger partial charge is 0.448 e. The fourth-order valence-corrected chi connectivity index (χ4v) is 2.96. The highest BCUT2D eigenvalue weighted by atomic mass is 127. The van der Waals surface area contributed by atoms with Crippen LogP contribution in [-0.4, -0.2) is 17.4 Å². The van der Waals surface area contributed by atoms with E-state index in [1.807, 2.05) is 22.6 Å². The Kier molecular flexibility index (Phi) is 5.75. The van der Waals surface area contributed by atoms with E-state index in [0.29, 0.717) is 29.1 Å². The molecular weight excluding hydrogens is 448 g/mol. The molecule has 0 saturated carbocycles. The lowest BCUT2D eigenvalue weighted by molar-refractivity contribution is 0.0927. The second-order valence-electron chi connectivity index (χ2n) is 6.37. The lowest BCUT2D eigenvalue weighted by Crippen LogP contribution is -2.25. The van der Waals surface area contributed by atoms with Gasteiger partial charge in [-0.25, -0.2) is 4.39 Å². The highest BCUT2D eigenvalue weighted by molar-refractivity contribution is 14.1. The van der Waals surface area contributed by atoms with Gasteiger partial charge in [-0.2, -0.15) is 0 Å². The Morgan fingerprint density at radius 2 is 2.15 bits per heavy atom. The van der Waals surface area contributed by atoms with E-state index in [9.17, 15) is 9.18 Å². The zero-order valence-electron chi connectivity index (χ0n) is 14.5. The third-order valence-corrected chi connectivity index (χ3v) is 4.56. The minimum atomic E-state index is -0.402. The van der Waals surface area contributed by atoms with Gasteiger partial charge in [0, 0.05) is 22.5 Å². The highest BCUT2D eigenvalue weighted by Crippen LogP contribution is 2.33. The van der Waals surface area contributed by atoms with Gasteiger partial charge in [0.1, 0.15) is 17.1 Å². The topological polar surface area (TPSA) is 67.2 Å². The van der Waals surface area contributed by atoms with Crippen LogP contribution < -0.4 is 10.6 Å². The van der Waals surface area contributed by atoms with Crippen LogP contribution in [0, 0.1) is 15.3 Å². The molecule has 1 amide bonds. The van der Waals surface area contributed by atoms with Gasteiger partial charge in [-0.15, -0.1) is 0 Å². The number of carbonyl (C=O) groups excluding carboxylic acids is 1. The molecule has 5 nitrogen and oxygen atoms in total. The van der Waals surface area contributed by atoms with Crippen molar-refractivity contribution in [3.8, 4) is 0 Å². The van der Waals surface area contributed by atoms with Gasteiger partial charge in [-0.05, 0) is 59.2 Å². The molecule has 0 radical (unpaired) electrons. The van der Waals surface area contributed by atoms with Crippen LogP contribution in [0.3, 0.4) is 0 Å². The van der Waals surface area contributed by atoms with E-state index in [1.54, 1.807) is 30.6 Å². The summed E-state index contributed by atoms with van der Waals surface area (Å²) in [6.45, 7) is 4.72. The van der Waals surface area contributed by atoms with Crippen molar-refractivity contribution < 1.29 is 13.6 Å². The van der Waals surface area contributed by atoms with E-state index in [-0.39, 0.29) is 17.4 Å². The predicted molar refractivity (Wildman–Crippen MR) is 108 cm³/mol. The van der Waals surface area contributed by atoms with Crippen molar-refractivity contribution in [2.24, 2.45) is 5.92 Å². The van der Waals surface area contributed by atoms with Gasteiger partial charge in [0.25, 0.3) is 5.91 Å². The molecule has 0 saturated heterocycles. The van der Waals surface area contributed by atoms with E-state index >= 15 is 0 Å². The summed E-state index contributed by atoms with van der Waals surface area (Å²) in [6, 6.07) is 6.52. The van der Waals surface area contributed by atoms with Gasteiger partial charge < -0.3 is 15.1 Å². The van der Waals surface area contributed by atoms with Crippen LogP contribution in [0.25, 0.3) is 11.0 Å². The smallest absolute Gasteiger partial charge is 0.289 e. The minimum absolute atomic E-state index is 0.120. The van der Waals surface area contributed by atoms with Gasteiger partial charge in [0.05, 0.1) is 11.1 Å². The molecule has 0 fully saturated rings. The summed E-state index contributed by atoms with van der Waals surface area (Å²) in [6.07, 6.45) is 4.04. The number of carbonyl (C=O) groups is 1. The van der Waals surface area contributed by atoms with Crippen LogP contribution in [0.2, 0.25) is 0 Å². The van der Waals surface area contributed by atoms with E-state index in [1.165, 1.54) is 6.07 Å². The number of rotatable bonds is 6. The molecule has 2 heterocycles. The second-order valence-corrected chi connectivity index (χ2v) is 7.61. The SMILES string of the molecule is CC(C)CCNC(=O)c1oc2ccncc2c1Nc1ccc(I)cc1F. The van der Waals surface area contributed by atoms with Crippen molar-refractivity contribution in [1.82, 2.24) is 10.3 Å². The number of nitrogens with one attached hydrogen (secondary N) is 2. The molecule has 2 aromatic heterocycles. The molecule has 136 valence electrons. The van der Waals surface area contributed by atoms with Gasteiger partial charge in [0.15, 0.2) is 0 Å². The van der Waals surface area contributed by atoms with Gasteiger partial charge in [-0.1, -0.05) is 13.8 Å². The van der Waals surface area contributed by atoms with Crippen molar-refractivity contribution in [2.45, 2.75) is 20.3 Å². The average molecular weight is 467 g/mol. The maximum Gasteiger partial charge on any atom is 0.289 e. The number of fused-ring (bicyclic) bond motifs is 1. The van der Waals surface area contributed by atoms with Crippen LogP contribution in [0.5, 0.6) is 0 Å². The third-order valence-electron chi connectivity index (χ3n) is 3.89. The van der Waals surface area contributed by atoms with Crippen molar-refractivity contribution in [3.63, 3.8) is 0 Å².